The van der Waals surface area contributed by atoms with Gasteiger partial charge in [0.15, 0.2) is 0 Å². The molecule has 1 saturated heterocycles. The van der Waals surface area contributed by atoms with Gasteiger partial charge in [0.25, 0.3) is 0 Å². The van der Waals surface area contributed by atoms with Crippen molar-refractivity contribution in [3.63, 3.8) is 0 Å². The minimum atomic E-state index is -0.987. The van der Waals surface area contributed by atoms with Crippen molar-refractivity contribution < 1.29 is 14.7 Å². The summed E-state index contributed by atoms with van der Waals surface area (Å²) in [6, 6.07) is 27.3. The Kier molecular flexibility index (Phi) is 7.94. The fourth-order valence-corrected chi connectivity index (χ4v) is 5.81. The molecular weight excluding hydrogens is 486 g/mol. The predicted octanol–water partition coefficient (Wildman–Crippen LogP) is 5.87. The second-order valence-corrected chi connectivity index (χ2v) is 10.5. The molecule has 6 heteroatoms. The van der Waals surface area contributed by atoms with Crippen molar-refractivity contribution in [1.82, 2.24) is 14.8 Å². The van der Waals surface area contributed by atoms with E-state index in [4.69, 9.17) is 0 Å². The topological polar surface area (TPSA) is 74.6 Å². The van der Waals surface area contributed by atoms with E-state index in [0.717, 1.165) is 13.0 Å². The third kappa shape index (κ3) is 5.96. The number of amides is 1. The molecule has 6 nitrogen and oxygen atoms in total. The average molecular weight is 522 g/mol. The highest BCUT2D eigenvalue weighted by molar-refractivity contribution is 5.93. The van der Waals surface area contributed by atoms with E-state index in [2.05, 4.69) is 79.0 Å². The number of nitrogens with one attached hydrogen (secondary N) is 1. The number of rotatable bonds is 8. The maximum Gasteiger partial charge on any atom is 0.352 e. The van der Waals surface area contributed by atoms with Gasteiger partial charge in [-0.05, 0) is 64.8 Å². The molecule has 3 aromatic carbocycles. The molecule has 3 atom stereocenters. The number of hydrogen-bond acceptors (Lipinski definition) is 3. The lowest BCUT2D eigenvalue weighted by Gasteiger charge is -2.39. The van der Waals surface area contributed by atoms with Gasteiger partial charge in [-0.1, -0.05) is 72.8 Å². The zero-order valence-electron chi connectivity index (χ0n) is 22.5. The molecule has 0 saturated carbocycles. The molecule has 1 aliphatic heterocycles. The lowest BCUT2D eigenvalue weighted by atomic mass is 9.80. The molecular formula is C33H35N3O3. The van der Waals surface area contributed by atoms with Crippen LogP contribution in [0.3, 0.4) is 0 Å². The van der Waals surface area contributed by atoms with Crippen molar-refractivity contribution in [3.05, 3.63) is 114 Å². The van der Waals surface area contributed by atoms with E-state index < -0.39 is 5.97 Å². The first-order valence-corrected chi connectivity index (χ1v) is 13.5. The number of hydrogen-bond donors (Lipinski definition) is 2. The molecule has 0 bridgehead atoms. The Labute approximate surface area is 229 Å². The van der Waals surface area contributed by atoms with E-state index in [1.54, 1.807) is 36.0 Å². The van der Waals surface area contributed by atoms with Crippen LogP contribution >= 0.6 is 0 Å². The molecule has 1 fully saturated rings. The Morgan fingerprint density at radius 3 is 2.56 bits per heavy atom. The van der Waals surface area contributed by atoms with Gasteiger partial charge in [0.05, 0.1) is 0 Å². The highest BCUT2D eigenvalue weighted by Crippen LogP contribution is 2.34. The van der Waals surface area contributed by atoms with Crippen LogP contribution in [0.5, 0.6) is 0 Å². The van der Waals surface area contributed by atoms with E-state index >= 15 is 0 Å². The third-order valence-corrected chi connectivity index (χ3v) is 7.91. The molecule has 2 N–H and O–H groups in total. The minimum Gasteiger partial charge on any atom is -0.477 e. The Bertz CT molecular complexity index is 1490. The SMILES string of the molecule is C[C@@H](NCC1CN(C(=O)C=Cc2cc(C(=O)O)n(C)c2)CCC1c1ccccc1)c1cccc2ccccc12. The number of aryl methyl sites for hydroxylation is 1. The fraction of sp³-hybridized carbons (Fsp3) is 0.273. The molecule has 1 aromatic heterocycles. The summed E-state index contributed by atoms with van der Waals surface area (Å²) in [5.41, 5.74) is 3.48. The molecule has 0 radical (unpaired) electrons. The Morgan fingerprint density at radius 2 is 1.79 bits per heavy atom. The van der Waals surface area contributed by atoms with Crippen molar-refractivity contribution in [2.24, 2.45) is 13.0 Å². The molecule has 39 heavy (non-hydrogen) atoms. The van der Waals surface area contributed by atoms with E-state index in [9.17, 15) is 14.7 Å². The summed E-state index contributed by atoms with van der Waals surface area (Å²) in [4.78, 5) is 26.5. The molecule has 5 rings (SSSR count). The minimum absolute atomic E-state index is 0.0469. The summed E-state index contributed by atoms with van der Waals surface area (Å²) in [6.45, 7) is 4.34. The molecule has 200 valence electrons. The number of nitrogens with zero attached hydrogens (tertiary/aromatic N) is 2. The monoisotopic (exact) mass is 521 g/mol. The largest absolute Gasteiger partial charge is 0.477 e. The van der Waals surface area contributed by atoms with Crippen LogP contribution in [0.25, 0.3) is 16.8 Å². The Hall–Kier alpha value is -4.16. The number of carbonyl (C=O) groups is 2. The maximum atomic E-state index is 13.2. The highest BCUT2D eigenvalue weighted by atomic mass is 16.4. The zero-order chi connectivity index (χ0) is 27.4. The molecule has 1 aliphatic rings. The van der Waals surface area contributed by atoms with E-state index in [0.29, 0.717) is 24.6 Å². The van der Waals surface area contributed by atoms with Gasteiger partial charge in [-0.15, -0.1) is 0 Å². The van der Waals surface area contributed by atoms with Crippen molar-refractivity contribution in [1.29, 1.82) is 0 Å². The number of aromatic nitrogens is 1. The van der Waals surface area contributed by atoms with Crippen LogP contribution in [0.15, 0.2) is 91.1 Å². The number of likely N-dealkylation sites (tertiary alicyclic amines) is 1. The van der Waals surface area contributed by atoms with E-state index in [1.165, 1.54) is 21.9 Å². The van der Waals surface area contributed by atoms with Crippen LogP contribution in [-0.4, -0.2) is 46.1 Å². The first-order valence-electron chi connectivity index (χ1n) is 13.5. The number of fused-ring (bicyclic) bond motifs is 1. The summed E-state index contributed by atoms with van der Waals surface area (Å²) in [7, 11) is 1.69. The summed E-state index contributed by atoms with van der Waals surface area (Å²) in [6.07, 6.45) is 5.88. The van der Waals surface area contributed by atoms with Gasteiger partial charge >= 0.3 is 5.97 Å². The molecule has 1 amide bonds. The number of piperidine rings is 1. The van der Waals surface area contributed by atoms with Gasteiger partial charge in [0.2, 0.25) is 5.91 Å². The first kappa shape index (κ1) is 26.4. The highest BCUT2D eigenvalue weighted by Gasteiger charge is 2.32. The second-order valence-electron chi connectivity index (χ2n) is 10.5. The molecule has 4 aromatic rings. The van der Waals surface area contributed by atoms with Crippen LogP contribution in [0.2, 0.25) is 0 Å². The van der Waals surface area contributed by atoms with Gasteiger partial charge in [-0.25, -0.2) is 4.79 Å². The third-order valence-electron chi connectivity index (χ3n) is 7.91. The molecule has 2 heterocycles. The van der Waals surface area contributed by atoms with Crippen molar-refractivity contribution >= 4 is 28.7 Å². The Morgan fingerprint density at radius 1 is 1.05 bits per heavy atom. The summed E-state index contributed by atoms with van der Waals surface area (Å²) < 4.78 is 1.55. The van der Waals surface area contributed by atoms with Crippen molar-refractivity contribution in [2.75, 3.05) is 19.6 Å². The van der Waals surface area contributed by atoms with Crippen LogP contribution < -0.4 is 5.32 Å². The number of aromatic carboxylic acids is 1. The lowest BCUT2D eigenvalue weighted by molar-refractivity contribution is -0.128. The summed E-state index contributed by atoms with van der Waals surface area (Å²) in [5, 5.41) is 15.6. The smallest absolute Gasteiger partial charge is 0.352 e. The number of carbonyl (C=O) groups excluding carboxylic acids is 1. The normalized spacial score (nSPS) is 18.5. The van der Waals surface area contributed by atoms with Gasteiger partial charge in [-0.2, -0.15) is 0 Å². The zero-order valence-corrected chi connectivity index (χ0v) is 22.5. The summed E-state index contributed by atoms with van der Waals surface area (Å²) in [5.74, 6) is -0.418. The second kappa shape index (κ2) is 11.7. The average Bonchev–Trinajstić information content (AvgIpc) is 3.35. The molecule has 0 aliphatic carbocycles. The number of carboxylic acid groups (broad SMARTS) is 1. The lowest BCUT2D eigenvalue weighted by Crippen LogP contribution is -2.46. The first-order chi connectivity index (χ1) is 18.9. The number of benzene rings is 3. The van der Waals surface area contributed by atoms with Crippen LogP contribution in [-0.2, 0) is 11.8 Å². The molecule has 2 unspecified atom stereocenters. The van der Waals surface area contributed by atoms with Gasteiger partial charge in [0, 0.05) is 45.0 Å². The van der Waals surface area contributed by atoms with Crippen molar-refractivity contribution in [2.45, 2.75) is 25.3 Å². The Balaban J connectivity index is 1.31. The van der Waals surface area contributed by atoms with Gasteiger partial charge in [0.1, 0.15) is 5.69 Å². The standard InChI is InChI=1S/C33H35N3O3/c1-23(28-14-8-12-26-11-6-7-13-30(26)28)34-20-27-22-36(18-17-29(27)25-9-4-3-5-10-25)32(37)16-15-24-19-31(33(38)39)35(2)21-24/h3-16,19,21,23,27,29,34H,17-18,20,22H2,1-2H3,(H,38,39)/t23-,27?,29?/m1/s1. The van der Waals surface area contributed by atoms with Crippen molar-refractivity contribution in [3.8, 4) is 0 Å². The van der Waals surface area contributed by atoms with E-state index in [-0.39, 0.29) is 23.6 Å². The van der Waals surface area contributed by atoms with E-state index in [1.807, 2.05) is 11.0 Å². The molecule has 0 spiro atoms. The van der Waals surface area contributed by atoms with Crippen LogP contribution in [0.4, 0.5) is 0 Å². The predicted molar refractivity (Wildman–Crippen MR) is 156 cm³/mol. The number of carboxylic acids is 1. The quantitative estimate of drug-likeness (QED) is 0.284. The van der Waals surface area contributed by atoms with Crippen LogP contribution in [0, 0.1) is 5.92 Å². The van der Waals surface area contributed by atoms with Gasteiger partial charge < -0.3 is 19.9 Å². The maximum absolute atomic E-state index is 13.2. The summed E-state index contributed by atoms with van der Waals surface area (Å²) >= 11 is 0. The van der Waals surface area contributed by atoms with Gasteiger partial charge in [-0.3, -0.25) is 4.79 Å². The fourth-order valence-electron chi connectivity index (χ4n) is 5.81. The van der Waals surface area contributed by atoms with Crippen LogP contribution in [0.1, 0.15) is 52.5 Å².